The minimum absolute atomic E-state index is 0.213. The van der Waals surface area contributed by atoms with Crippen molar-refractivity contribution in [3.63, 3.8) is 0 Å². The van der Waals surface area contributed by atoms with Crippen molar-refractivity contribution < 1.29 is 14.3 Å². The molecule has 1 fully saturated rings. The Morgan fingerprint density at radius 2 is 1.88 bits per heavy atom. The summed E-state index contributed by atoms with van der Waals surface area (Å²) in [4.78, 5) is 25.2. The van der Waals surface area contributed by atoms with Crippen molar-refractivity contribution in [1.29, 1.82) is 0 Å². The molecule has 6 nitrogen and oxygen atoms in total. The summed E-state index contributed by atoms with van der Waals surface area (Å²) in [7, 11) is 1.25. The molecule has 1 atom stereocenters. The molecule has 1 rings (SSSR count). The Hall–Kier alpha value is -1.30. The summed E-state index contributed by atoms with van der Waals surface area (Å²) < 4.78 is 4.51. The zero-order valence-electron chi connectivity index (χ0n) is 10.7. The van der Waals surface area contributed by atoms with E-state index in [2.05, 4.69) is 10.1 Å². The second-order valence-corrected chi connectivity index (χ2v) is 4.64. The maximum Gasteiger partial charge on any atom is 0.408 e. The Morgan fingerprint density at radius 1 is 1.35 bits per heavy atom. The molecule has 1 aliphatic rings. The Bertz CT molecular complexity index is 300. The molecule has 98 valence electrons. The fourth-order valence-electron chi connectivity index (χ4n) is 1.85. The average Bonchev–Trinajstić information content (AvgIpc) is 2.80. The lowest BCUT2D eigenvalue weighted by molar-refractivity contribution is -0.138. The lowest BCUT2D eigenvalue weighted by Gasteiger charge is -2.35. The molecule has 0 aromatic rings. The number of nitrogens with two attached hydrogens (primary N) is 1. The van der Waals surface area contributed by atoms with Crippen LogP contribution in [-0.4, -0.2) is 42.8 Å². The monoisotopic (exact) mass is 243 g/mol. The van der Waals surface area contributed by atoms with Gasteiger partial charge in [-0.15, -0.1) is 0 Å². The molecular formula is C11H21N3O3. The summed E-state index contributed by atoms with van der Waals surface area (Å²) in [5.74, 6) is -0.454. The molecular weight excluding hydrogens is 222 g/mol. The number of carbonyl (C=O) groups excluding carboxylic acids is 2. The molecule has 0 unspecified atom stereocenters. The molecule has 0 bridgehead atoms. The number of alkyl carbamates (subject to hydrolysis) is 1. The second-order valence-electron chi connectivity index (χ2n) is 4.64. The van der Waals surface area contributed by atoms with Gasteiger partial charge in [0.1, 0.15) is 0 Å². The van der Waals surface area contributed by atoms with Gasteiger partial charge in [-0.3, -0.25) is 10.1 Å². The van der Waals surface area contributed by atoms with Crippen molar-refractivity contribution in [2.75, 3.05) is 20.2 Å². The lowest BCUT2D eigenvalue weighted by Crippen LogP contribution is -2.68. The molecule has 1 heterocycles. The van der Waals surface area contributed by atoms with E-state index in [-0.39, 0.29) is 11.8 Å². The smallest absolute Gasteiger partial charge is 0.408 e. The van der Waals surface area contributed by atoms with Crippen LogP contribution in [0.2, 0.25) is 0 Å². The summed E-state index contributed by atoms with van der Waals surface area (Å²) in [6, 6.07) is 0. The van der Waals surface area contributed by atoms with Gasteiger partial charge in [0.2, 0.25) is 0 Å². The maximum atomic E-state index is 12.3. The van der Waals surface area contributed by atoms with Gasteiger partial charge in [0, 0.05) is 13.1 Å². The highest BCUT2D eigenvalue weighted by Gasteiger charge is 2.42. The summed E-state index contributed by atoms with van der Waals surface area (Å²) in [5, 5.41) is 2.44. The van der Waals surface area contributed by atoms with Gasteiger partial charge in [0.25, 0.3) is 5.91 Å². The summed E-state index contributed by atoms with van der Waals surface area (Å²) in [6.07, 6.45) is 1.28. The van der Waals surface area contributed by atoms with Gasteiger partial charge in [-0.25, -0.2) is 4.79 Å². The van der Waals surface area contributed by atoms with Crippen LogP contribution in [0, 0.1) is 5.92 Å². The molecule has 0 aromatic carbocycles. The van der Waals surface area contributed by atoms with E-state index in [1.54, 1.807) is 18.7 Å². The molecule has 3 N–H and O–H groups in total. The van der Waals surface area contributed by atoms with Crippen LogP contribution in [0.5, 0.6) is 0 Å². The predicted molar refractivity (Wildman–Crippen MR) is 63.1 cm³/mol. The van der Waals surface area contributed by atoms with Gasteiger partial charge in [0.15, 0.2) is 5.66 Å². The summed E-state index contributed by atoms with van der Waals surface area (Å²) in [6.45, 7) is 4.99. The van der Waals surface area contributed by atoms with Gasteiger partial charge in [-0.2, -0.15) is 0 Å². The fourth-order valence-corrected chi connectivity index (χ4v) is 1.85. The Morgan fingerprint density at radius 3 is 2.29 bits per heavy atom. The first-order valence-electron chi connectivity index (χ1n) is 5.86. The molecule has 6 heteroatoms. The van der Waals surface area contributed by atoms with Crippen LogP contribution in [0.1, 0.15) is 26.7 Å². The zero-order chi connectivity index (χ0) is 13.1. The van der Waals surface area contributed by atoms with E-state index in [9.17, 15) is 9.59 Å². The molecule has 1 saturated heterocycles. The predicted octanol–water partition coefficient (Wildman–Crippen LogP) is 0.276. The van der Waals surface area contributed by atoms with E-state index in [0.717, 1.165) is 12.8 Å². The van der Waals surface area contributed by atoms with Crippen molar-refractivity contribution in [3.05, 3.63) is 0 Å². The van der Waals surface area contributed by atoms with Gasteiger partial charge in [0.05, 0.1) is 7.11 Å². The number of nitrogens with one attached hydrogen (secondary N) is 1. The quantitative estimate of drug-likeness (QED) is 0.697. The molecule has 2 amide bonds. The first-order valence-corrected chi connectivity index (χ1v) is 5.86. The third-order valence-corrected chi connectivity index (χ3v) is 3.15. The summed E-state index contributed by atoms with van der Waals surface area (Å²) >= 11 is 0. The van der Waals surface area contributed by atoms with Gasteiger partial charge < -0.3 is 15.4 Å². The van der Waals surface area contributed by atoms with E-state index in [0.29, 0.717) is 13.1 Å². The fraction of sp³-hybridized carbons (Fsp3) is 0.818. The third-order valence-electron chi connectivity index (χ3n) is 3.15. The number of hydrogen-bond donors (Lipinski definition) is 2. The SMILES string of the molecule is COC(=O)N[C@](N)(C(=O)N1CCCC1)C(C)C. The van der Waals surface area contributed by atoms with Crippen LogP contribution in [0.3, 0.4) is 0 Å². The first kappa shape index (κ1) is 13.8. The van der Waals surface area contributed by atoms with E-state index in [4.69, 9.17) is 5.73 Å². The van der Waals surface area contributed by atoms with Gasteiger partial charge in [-0.05, 0) is 18.8 Å². The Balaban J connectivity index is 2.82. The number of methoxy groups -OCH3 is 1. The number of ether oxygens (including phenoxy) is 1. The van der Waals surface area contributed by atoms with Crippen LogP contribution < -0.4 is 11.1 Å². The molecule has 0 aliphatic carbocycles. The van der Waals surface area contributed by atoms with E-state index in [1.165, 1.54) is 7.11 Å². The Kier molecular flexibility index (Phi) is 4.34. The number of carbonyl (C=O) groups is 2. The summed E-state index contributed by atoms with van der Waals surface area (Å²) in [5.41, 5.74) is 4.65. The Labute approximate surface area is 101 Å². The number of rotatable bonds is 3. The van der Waals surface area contributed by atoms with Gasteiger partial charge >= 0.3 is 6.09 Å². The lowest BCUT2D eigenvalue weighted by atomic mass is 9.95. The minimum atomic E-state index is -1.39. The van der Waals surface area contributed by atoms with Crippen molar-refractivity contribution in [2.24, 2.45) is 11.7 Å². The topological polar surface area (TPSA) is 84.7 Å². The van der Waals surface area contributed by atoms with Crippen molar-refractivity contribution >= 4 is 12.0 Å². The van der Waals surface area contributed by atoms with E-state index >= 15 is 0 Å². The average molecular weight is 243 g/mol. The van der Waals surface area contributed by atoms with Crippen LogP contribution in [-0.2, 0) is 9.53 Å². The van der Waals surface area contributed by atoms with E-state index < -0.39 is 11.8 Å². The molecule has 0 radical (unpaired) electrons. The van der Waals surface area contributed by atoms with Crippen LogP contribution in [0.15, 0.2) is 0 Å². The van der Waals surface area contributed by atoms with Crippen molar-refractivity contribution in [2.45, 2.75) is 32.4 Å². The molecule has 1 aliphatic heterocycles. The molecule has 0 saturated carbocycles. The van der Waals surface area contributed by atoms with Crippen molar-refractivity contribution in [1.82, 2.24) is 10.2 Å². The number of likely N-dealkylation sites (tertiary alicyclic amines) is 1. The third kappa shape index (κ3) is 2.88. The highest BCUT2D eigenvalue weighted by molar-refractivity contribution is 5.89. The maximum absolute atomic E-state index is 12.3. The number of nitrogens with zero attached hydrogens (tertiary/aromatic N) is 1. The zero-order valence-corrected chi connectivity index (χ0v) is 10.7. The van der Waals surface area contributed by atoms with Crippen molar-refractivity contribution in [3.8, 4) is 0 Å². The largest absolute Gasteiger partial charge is 0.453 e. The van der Waals surface area contributed by atoms with Crippen LogP contribution in [0.4, 0.5) is 4.79 Å². The normalized spacial score (nSPS) is 19.0. The molecule has 0 aromatic heterocycles. The highest BCUT2D eigenvalue weighted by Crippen LogP contribution is 2.18. The van der Waals surface area contributed by atoms with Crippen LogP contribution >= 0.6 is 0 Å². The first-order chi connectivity index (χ1) is 7.91. The van der Waals surface area contributed by atoms with Crippen LogP contribution in [0.25, 0.3) is 0 Å². The van der Waals surface area contributed by atoms with Gasteiger partial charge in [-0.1, -0.05) is 13.8 Å². The highest BCUT2D eigenvalue weighted by atomic mass is 16.5. The minimum Gasteiger partial charge on any atom is -0.453 e. The molecule has 0 spiro atoms. The number of hydrogen-bond acceptors (Lipinski definition) is 4. The number of amides is 2. The van der Waals surface area contributed by atoms with E-state index in [1.807, 2.05) is 0 Å². The standard InChI is InChI=1S/C11H21N3O3/c1-8(2)11(12,13-10(16)17-3)9(15)14-6-4-5-7-14/h8H,4-7,12H2,1-3H3,(H,13,16)/t11-/m0/s1. The second kappa shape index (κ2) is 5.35. The molecule has 17 heavy (non-hydrogen) atoms.